The summed E-state index contributed by atoms with van der Waals surface area (Å²) in [6.45, 7) is 12.3. The molecule has 2 rings (SSSR count). The molecular weight excluding hydrogens is 316 g/mol. The fourth-order valence-corrected chi connectivity index (χ4v) is 4.50. The normalized spacial score (nSPS) is 18.3. The molecule has 2 heterocycles. The van der Waals surface area contributed by atoms with E-state index in [1.165, 1.54) is 23.1 Å². The molecule has 0 bridgehead atoms. The number of hydrogen-bond donors (Lipinski definition) is 1. The van der Waals surface area contributed by atoms with Gasteiger partial charge in [-0.1, -0.05) is 30.0 Å². The van der Waals surface area contributed by atoms with Gasteiger partial charge in [0.05, 0.1) is 5.25 Å². The van der Waals surface area contributed by atoms with Crippen LogP contribution in [0.5, 0.6) is 0 Å². The van der Waals surface area contributed by atoms with Gasteiger partial charge in [0.1, 0.15) is 0 Å². The first-order valence-electron chi connectivity index (χ1n) is 7.82. The number of thioether (sulfide) groups is 1. The lowest BCUT2D eigenvalue weighted by atomic mass is 9.99. The Morgan fingerprint density at radius 2 is 2.00 bits per heavy atom. The second kappa shape index (κ2) is 7.17. The SMILES string of the molecule is CC1CCN(C(=O)C(C)Sc2nnc(NC(C)(C)C)s2)CC1. The molecule has 1 saturated heterocycles. The molecule has 0 aromatic carbocycles. The zero-order chi connectivity index (χ0) is 16.3. The predicted molar refractivity (Wildman–Crippen MR) is 93.6 cm³/mol. The van der Waals surface area contributed by atoms with Crippen LogP contribution in [0.2, 0.25) is 0 Å². The number of likely N-dealkylation sites (tertiary alicyclic amines) is 1. The second-order valence-electron chi connectivity index (χ2n) is 7.02. The highest BCUT2D eigenvalue weighted by Gasteiger charge is 2.26. The van der Waals surface area contributed by atoms with Gasteiger partial charge < -0.3 is 10.2 Å². The molecule has 1 N–H and O–H groups in total. The van der Waals surface area contributed by atoms with Crippen molar-refractivity contribution >= 4 is 34.1 Å². The molecule has 1 aliphatic rings. The van der Waals surface area contributed by atoms with Crippen LogP contribution in [0.25, 0.3) is 0 Å². The maximum atomic E-state index is 12.5. The number of nitrogens with one attached hydrogen (secondary N) is 1. The Hall–Kier alpha value is -0.820. The Balaban J connectivity index is 1.88. The van der Waals surface area contributed by atoms with E-state index in [4.69, 9.17) is 0 Å². The Labute approximate surface area is 141 Å². The molecule has 0 radical (unpaired) electrons. The van der Waals surface area contributed by atoms with Crippen molar-refractivity contribution in [3.8, 4) is 0 Å². The zero-order valence-corrected chi connectivity index (χ0v) is 15.7. The van der Waals surface area contributed by atoms with Gasteiger partial charge in [-0.25, -0.2) is 0 Å². The van der Waals surface area contributed by atoms with E-state index >= 15 is 0 Å². The van der Waals surface area contributed by atoms with Crippen LogP contribution in [0.3, 0.4) is 0 Å². The summed E-state index contributed by atoms with van der Waals surface area (Å²) in [5.41, 5.74) is -0.0343. The molecule has 1 amide bonds. The minimum absolute atomic E-state index is 0.0343. The summed E-state index contributed by atoms with van der Waals surface area (Å²) in [5, 5.41) is 12.3. The number of hydrogen-bond acceptors (Lipinski definition) is 6. The molecule has 124 valence electrons. The van der Waals surface area contributed by atoms with E-state index < -0.39 is 0 Å². The quantitative estimate of drug-likeness (QED) is 0.849. The number of nitrogens with zero attached hydrogens (tertiary/aromatic N) is 3. The van der Waals surface area contributed by atoms with Gasteiger partial charge >= 0.3 is 0 Å². The van der Waals surface area contributed by atoms with Crippen molar-refractivity contribution in [3.63, 3.8) is 0 Å². The number of anilines is 1. The predicted octanol–water partition coefficient (Wildman–Crippen LogP) is 3.49. The van der Waals surface area contributed by atoms with Gasteiger partial charge in [-0.15, -0.1) is 10.2 Å². The molecule has 7 heteroatoms. The van der Waals surface area contributed by atoms with Crippen LogP contribution in [0.15, 0.2) is 4.34 Å². The van der Waals surface area contributed by atoms with Crippen LogP contribution < -0.4 is 5.32 Å². The van der Waals surface area contributed by atoms with Gasteiger partial charge in [0.2, 0.25) is 11.0 Å². The molecule has 0 saturated carbocycles. The summed E-state index contributed by atoms with van der Waals surface area (Å²) in [6, 6.07) is 0. The van der Waals surface area contributed by atoms with Crippen molar-refractivity contribution in [2.45, 2.75) is 62.6 Å². The summed E-state index contributed by atoms with van der Waals surface area (Å²) in [5.74, 6) is 0.957. The highest BCUT2D eigenvalue weighted by Crippen LogP contribution is 2.31. The summed E-state index contributed by atoms with van der Waals surface area (Å²) < 4.78 is 0.845. The number of aromatic nitrogens is 2. The average Bonchev–Trinajstić information content (AvgIpc) is 2.83. The minimum atomic E-state index is -0.108. The van der Waals surface area contributed by atoms with E-state index in [1.54, 1.807) is 0 Å². The number of rotatable bonds is 4. The number of amides is 1. The molecule has 1 unspecified atom stereocenters. The van der Waals surface area contributed by atoms with Crippen LogP contribution in [0, 0.1) is 5.92 Å². The second-order valence-corrected chi connectivity index (χ2v) is 9.58. The first kappa shape index (κ1) is 17.5. The molecule has 1 aromatic heterocycles. The molecule has 0 spiro atoms. The van der Waals surface area contributed by atoms with Crippen LogP contribution in [-0.2, 0) is 4.79 Å². The van der Waals surface area contributed by atoms with Crippen molar-refractivity contribution in [1.82, 2.24) is 15.1 Å². The first-order valence-corrected chi connectivity index (χ1v) is 9.51. The van der Waals surface area contributed by atoms with Crippen LogP contribution in [0.1, 0.15) is 47.5 Å². The summed E-state index contributed by atoms with van der Waals surface area (Å²) in [7, 11) is 0. The maximum Gasteiger partial charge on any atom is 0.235 e. The third-order valence-corrected chi connectivity index (χ3v) is 5.62. The topological polar surface area (TPSA) is 58.1 Å². The van der Waals surface area contributed by atoms with E-state index in [-0.39, 0.29) is 16.7 Å². The molecule has 1 aliphatic heterocycles. The Morgan fingerprint density at radius 3 is 2.59 bits per heavy atom. The zero-order valence-electron chi connectivity index (χ0n) is 14.0. The standard InChI is InChI=1S/C15H26N4OS2/c1-10-6-8-19(9-7-10)12(20)11(2)21-14-18-17-13(22-14)16-15(3,4)5/h10-11H,6-9H2,1-5H3,(H,16,17). The summed E-state index contributed by atoms with van der Waals surface area (Å²) >= 11 is 3.02. The van der Waals surface area contributed by atoms with E-state index in [0.29, 0.717) is 0 Å². The van der Waals surface area contributed by atoms with E-state index in [1.807, 2.05) is 11.8 Å². The molecular formula is C15H26N4OS2. The largest absolute Gasteiger partial charge is 0.355 e. The lowest BCUT2D eigenvalue weighted by Crippen LogP contribution is -2.41. The minimum Gasteiger partial charge on any atom is -0.355 e. The van der Waals surface area contributed by atoms with Crippen molar-refractivity contribution in [1.29, 1.82) is 0 Å². The van der Waals surface area contributed by atoms with E-state index in [0.717, 1.165) is 41.3 Å². The fraction of sp³-hybridized carbons (Fsp3) is 0.800. The molecule has 5 nitrogen and oxygen atoms in total. The highest BCUT2D eigenvalue weighted by molar-refractivity contribution is 8.02. The molecule has 22 heavy (non-hydrogen) atoms. The van der Waals surface area contributed by atoms with Crippen molar-refractivity contribution in [2.75, 3.05) is 18.4 Å². The Morgan fingerprint density at radius 1 is 1.36 bits per heavy atom. The average molecular weight is 343 g/mol. The molecule has 0 aliphatic carbocycles. The molecule has 1 atom stereocenters. The third-order valence-electron chi connectivity index (χ3n) is 3.61. The summed E-state index contributed by atoms with van der Waals surface area (Å²) in [6.07, 6.45) is 2.23. The smallest absolute Gasteiger partial charge is 0.235 e. The number of carbonyl (C=O) groups is 1. The van der Waals surface area contributed by atoms with Crippen molar-refractivity contribution in [2.24, 2.45) is 5.92 Å². The Bertz CT molecular complexity index is 504. The van der Waals surface area contributed by atoms with Crippen LogP contribution >= 0.6 is 23.1 Å². The third kappa shape index (κ3) is 5.12. The molecule has 1 fully saturated rings. The van der Waals surface area contributed by atoms with E-state index in [2.05, 4.69) is 43.2 Å². The van der Waals surface area contributed by atoms with Gasteiger partial charge in [-0.05, 0) is 46.5 Å². The lowest BCUT2D eigenvalue weighted by molar-refractivity contribution is -0.131. The molecule has 1 aromatic rings. The highest BCUT2D eigenvalue weighted by atomic mass is 32.2. The first-order chi connectivity index (χ1) is 10.2. The van der Waals surface area contributed by atoms with Gasteiger partial charge in [-0.2, -0.15) is 0 Å². The van der Waals surface area contributed by atoms with Gasteiger partial charge in [0.15, 0.2) is 4.34 Å². The fourth-order valence-electron chi connectivity index (χ4n) is 2.32. The van der Waals surface area contributed by atoms with E-state index in [9.17, 15) is 4.79 Å². The van der Waals surface area contributed by atoms with Crippen LogP contribution in [0.4, 0.5) is 5.13 Å². The monoisotopic (exact) mass is 342 g/mol. The lowest BCUT2D eigenvalue weighted by Gasteiger charge is -2.31. The number of piperidine rings is 1. The van der Waals surface area contributed by atoms with Crippen LogP contribution in [-0.4, -0.2) is 44.9 Å². The number of carbonyl (C=O) groups excluding carboxylic acids is 1. The van der Waals surface area contributed by atoms with Gasteiger partial charge in [0.25, 0.3) is 0 Å². The Kier molecular flexibility index (Phi) is 5.71. The summed E-state index contributed by atoms with van der Waals surface area (Å²) in [4.78, 5) is 14.5. The maximum absolute atomic E-state index is 12.5. The van der Waals surface area contributed by atoms with Gasteiger partial charge in [0, 0.05) is 18.6 Å². The van der Waals surface area contributed by atoms with Crippen molar-refractivity contribution in [3.05, 3.63) is 0 Å². The van der Waals surface area contributed by atoms with Gasteiger partial charge in [-0.3, -0.25) is 4.79 Å². The van der Waals surface area contributed by atoms with Crippen molar-refractivity contribution < 1.29 is 4.79 Å².